The molecule has 1 heterocycles. The maximum Gasteiger partial charge on any atom is 0.243 e. The maximum atomic E-state index is 12.9. The highest BCUT2D eigenvalue weighted by Crippen LogP contribution is 2.32. The van der Waals surface area contributed by atoms with Crippen LogP contribution in [-0.2, 0) is 21.2 Å². The zero-order valence-electron chi connectivity index (χ0n) is 15.3. The Bertz CT molecular complexity index is 907. The van der Waals surface area contributed by atoms with E-state index in [1.807, 2.05) is 38.1 Å². The van der Waals surface area contributed by atoms with E-state index in [2.05, 4.69) is 0 Å². The van der Waals surface area contributed by atoms with Crippen molar-refractivity contribution in [2.75, 3.05) is 18.0 Å². The fourth-order valence-corrected chi connectivity index (χ4v) is 4.80. The van der Waals surface area contributed by atoms with E-state index >= 15 is 0 Å². The first-order valence-electron chi connectivity index (χ1n) is 8.81. The third-order valence-electron chi connectivity index (χ3n) is 4.80. The molecule has 6 heteroatoms. The van der Waals surface area contributed by atoms with Crippen molar-refractivity contribution in [3.8, 4) is 0 Å². The molecule has 0 N–H and O–H groups in total. The van der Waals surface area contributed by atoms with Gasteiger partial charge in [-0.05, 0) is 44.0 Å². The van der Waals surface area contributed by atoms with Crippen LogP contribution in [0.2, 0.25) is 0 Å². The minimum Gasteiger partial charge on any atom is -0.308 e. The summed E-state index contributed by atoms with van der Waals surface area (Å²) in [5.41, 5.74) is 3.00. The summed E-state index contributed by atoms with van der Waals surface area (Å²) >= 11 is 0. The van der Waals surface area contributed by atoms with Crippen molar-refractivity contribution in [3.63, 3.8) is 0 Å². The summed E-state index contributed by atoms with van der Waals surface area (Å²) in [6.45, 7) is 5.73. The third kappa shape index (κ3) is 3.39. The van der Waals surface area contributed by atoms with E-state index in [9.17, 15) is 13.2 Å². The topological polar surface area (TPSA) is 57.7 Å². The van der Waals surface area contributed by atoms with Gasteiger partial charge in [0.25, 0.3) is 0 Å². The molecule has 1 aliphatic rings. The second-order valence-electron chi connectivity index (χ2n) is 6.69. The van der Waals surface area contributed by atoms with Crippen LogP contribution in [0.1, 0.15) is 25.0 Å². The van der Waals surface area contributed by atoms with Gasteiger partial charge in [-0.3, -0.25) is 4.79 Å². The van der Waals surface area contributed by atoms with E-state index in [0.717, 1.165) is 23.2 Å². The molecule has 0 spiro atoms. The Balaban J connectivity index is 1.84. The highest BCUT2D eigenvalue weighted by Gasteiger charge is 2.33. The van der Waals surface area contributed by atoms with Crippen LogP contribution in [0.15, 0.2) is 53.4 Å². The number of likely N-dealkylation sites (N-methyl/N-ethyl adjacent to an activating group) is 1. The normalized spacial score (nSPS) is 16.8. The van der Waals surface area contributed by atoms with Gasteiger partial charge in [0, 0.05) is 18.3 Å². The Morgan fingerprint density at radius 3 is 2.46 bits per heavy atom. The molecule has 0 bridgehead atoms. The fourth-order valence-electron chi connectivity index (χ4n) is 3.40. The van der Waals surface area contributed by atoms with Gasteiger partial charge < -0.3 is 4.90 Å². The molecular weight excluding hydrogens is 348 g/mol. The molecule has 1 atom stereocenters. The standard InChI is InChI=1S/C20H24N2O3S/c1-4-21(26(24,25)18-11-9-15(2)10-12-18)14-20(23)22-16(3)13-17-7-5-6-8-19(17)22/h5-12,16H,4,13-14H2,1-3H3/t16-/m0/s1. The summed E-state index contributed by atoms with van der Waals surface area (Å²) in [5.74, 6) is -0.194. The van der Waals surface area contributed by atoms with E-state index in [4.69, 9.17) is 0 Å². The highest BCUT2D eigenvalue weighted by molar-refractivity contribution is 7.89. The number of aryl methyl sites for hydroxylation is 1. The first-order chi connectivity index (χ1) is 12.3. The number of sulfonamides is 1. The van der Waals surface area contributed by atoms with E-state index < -0.39 is 10.0 Å². The lowest BCUT2D eigenvalue weighted by atomic mass is 10.1. The molecule has 1 amide bonds. The van der Waals surface area contributed by atoms with Crippen LogP contribution in [0.5, 0.6) is 0 Å². The van der Waals surface area contributed by atoms with Gasteiger partial charge in [0.1, 0.15) is 0 Å². The van der Waals surface area contributed by atoms with Crippen LogP contribution in [-0.4, -0.2) is 37.8 Å². The summed E-state index contributed by atoms with van der Waals surface area (Å²) in [7, 11) is -3.70. The molecule has 0 saturated carbocycles. The van der Waals surface area contributed by atoms with Gasteiger partial charge in [-0.2, -0.15) is 4.31 Å². The molecule has 0 radical (unpaired) electrons. The SMILES string of the molecule is CCN(CC(=O)N1c2ccccc2C[C@@H]1C)S(=O)(=O)c1ccc(C)cc1. The number of amides is 1. The predicted molar refractivity (Wildman–Crippen MR) is 103 cm³/mol. The molecule has 0 unspecified atom stereocenters. The molecule has 2 aromatic carbocycles. The zero-order chi connectivity index (χ0) is 18.9. The van der Waals surface area contributed by atoms with Crippen molar-refractivity contribution < 1.29 is 13.2 Å². The summed E-state index contributed by atoms with van der Waals surface area (Å²) in [6, 6.07) is 14.5. The maximum absolute atomic E-state index is 12.9. The number of nitrogens with zero attached hydrogens (tertiary/aromatic N) is 2. The summed E-state index contributed by atoms with van der Waals surface area (Å²) < 4.78 is 27.1. The number of para-hydroxylation sites is 1. The number of anilines is 1. The van der Waals surface area contributed by atoms with E-state index in [-0.39, 0.29) is 29.9 Å². The van der Waals surface area contributed by atoms with Gasteiger partial charge in [0.15, 0.2) is 0 Å². The van der Waals surface area contributed by atoms with E-state index in [1.54, 1.807) is 36.1 Å². The second kappa shape index (κ2) is 7.21. The van der Waals surface area contributed by atoms with Crippen molar-refractivity contribution in [1.29, 1.82) is 0 Å². The molecule has 0 aliphatic carbocycles. The summed E-state index contributed by atoms with van der Waals surface area (Å²) in [5, 5.41) is 0. The van der Waals surface area contributed by atoms with Crippen LogP contribution in [0.3, 0.4) is 0 Å². The van der Waals surface area contributed by atoms with Crippen LogP contribution in [0.25, 0.3) is 0 Å². The molecule has 138 valence electrons. The molecule has 5 nitrogen and oxygen atoms in total. The van der Waals surface area contributed by atoms with E-state index in [0.29, 0.717) is 0 Å². The summed E-state index contributed by atoms with van der Waals surface area (Å²) in [6.07, 6.45) is 0.790. The monoisotopic (exact) mass is 372 g/mol. The number of rotatable bonds is 5. The minimum absolute atomic E-state index is 0.0284. The van der Waals surface area contributed by atoms with Crippen molar-refractivity contribution in [2.24, 2.45) is 0 Å². The van der Waals surface area contributed by atoms with Gasteiger partial charge in [-0.15, -0.1) is 0 Å². The molecule has 26 heavy (non-hydrogen) atoms. The lowest BCUT2D eigenvalue weighted by Crippen LogP contribution is -2.45. The van der Waals surface area contributed by atoms with Crippen molar-refractivity contribution in [1.82, 2.24) is 4.31 Å². The Hall–Kier alpha value is -2.18. The van der Waals surface area contributed by atoms with Crippen molar-refractivity contribution in [3.05, 3.63) is 59.7 Å². The number of fused-ring (bicyclic) bond motifs is 1. The Kier molecular flexibility index (Phi) is 5.16. The fraction of sp³-hybridized carbons (Fsp3) is 0.350. The van der Waals surface area contributed by atoms with E-state index in [1.165, 1.54) is 4.31 Å². The molecular formula is C20H24N2O3S. The Morgan fingerprint density at radius 2 is 1.81 bits per heavy atom. The van der Waals surface area contributed by atoms with Crippen LogP contribution in [0, 0.1) is 6.92 Å². The molecule has 3 rings (SSSR count). The third-order valence-corrected chi connectivity index (χ3v) is 6.73. The number of benzene rings is 2. The largest absolute Gasteiger partial charge is 0.308 e. The van der Waals surface area contributed by atoms with Crippen LogP contribution >= 0.6 is 0 Å². The lowest BCUT2D eigenvalue weighted by Gasteiger charge is -2.27. The highest BCUT2D eigenvalue weighted by atomic mass is 32.2. The second-order valence-corrected chi connectivity index (χ2v) is 8.63. The number of carbonyl (C=O) groups is 1. The Morgan fingerprint density at radius 1 is 1.15 bits per heavy atom. The first kappa shape index (κ1) is 18.6. The van der Waals surface area contributed by atoms with Crippen molar-refractivity contribution >= 4 is 21.6 Å². The molecule has 2 aromatic rings. The molecule has 0 aromatic heterocycles. The van der Waals surface area contributed by atoms with Crippen molar-refractivity contribution in [2.45, 2.75) is 38.1 Å². The Labute approximate surface area is 155 Å². The number of hydrogen-bond acceptors (Lipinski definition) is 3. The first-order valence-corrected chi connectivity index (χ1v) is 10.3. The minimum atomic E-state index is -3.70. The molecule has 1 aliphatic heterocycles. The molecule has 0 saturated heterocycles. The quantitative estimate of drug-likeness (QED) is 0.811. The lowest BCUT2D eigenvalue weighted by molar-refractivity contribution is -0.119. The smallest absolute Gasteiger partial charge is 0.243 e. The average Bonchev–Trinajstić information content (AvgIpc) is 2.95. The van der Waals surface area contributed by atoms with Crippen LogP contribution < -0.4 is 4.90 Å². The summed E-state index contributed by atoms with van der Waals surface area (Å²) in [4.78, 5) is 14.9. The zero-order valence-corrected chi connectivity index (χ0v) is 16.2. The van der Waals surface area contributed by atoms with Gasteiger partial charge in [0.2, 0.25) is 15.9 Å². The van der Waals surface area contributed by atoms with Crippen LogP contribution in [0.4, 0.5) is 5.69 Å². The average molecular weight is 372 g/mol. The van der Waals surface area contributed by atoms with Gasteiger partial charge >= 0.3 is 0 Å². The van der Waals surface area contributed by atoms with Gasteiger partial charge in [-0.1, -0.05) is 42.8 Å². The number of carbonyl (C=O) groups excluding carboxylic acids is 1. The van der Waals surface area contributed by atoms with Gasteiger partial charge in [-0.25, -0.2) is 8.42 Å². The molecule has 0 fully saturated rings. The predicted octanol–water partition coefficient (Wildman–Crippen LogP) is 2.98. The van der Waals surface area contributed by atoms with Gasteiger partial charge in [0.05, 0.1) is 11.4 Å². The number of hydrogen-bond donors (Lipinski definition) is 0.